The highest BCUT2D eigenvalue weighted by Gasteiger charge is 2.68. The standard InChI is InChI=1S/C10H16O3/c1-9(2)6-3-4-10(9,8(12)13)7(11)5-6/h6-7,11H,3-5H2,1-2H3,(H,12,13)/t6-,7-,10+/m1/s1. The summed E-state index contributed by atoms with van der Waals surface area (Å²) in [6.07, 6.45) is 1.62. The molecule has 3 heteroatoms. The molecule has 2 rings (SSSR count). The second kappa shape index (κ2) is 2.27. The van der Waals surface area contributed by atoms with Crippen molar-refractivity contribution in [2.24, 2.45) is 16.7 Å². The van der Waals surface area contributed by atoms with Crippen LogP contribution in [0.5, 0.6) is 0 Å². The number of hydrogen-bond acceptors (Lipinski definition) is 2. The number of carbonyl (C=O) groups is 1. The zero-order valence-corrected chi connectivity index (χ0v) is 8.08. The topological polar surface area (TPSA) is 57.5 Å². The largest absolute Gasteiger partial charge is 0.481 e. The third-order valence-corrected chi connectivity index (χ3v) is 4.52. The first-order valence-corrected chi connectivity index (χ1v) is 4.84. The Hall–Kier alpha value is -0.570. The van der Waals surface area contributed by atoms with Crippen molar-refractivity contribution in [2.45, 2.75) is 39.2 Å². The van der Waals surface area contributed by atoms with E-state index in [4.69, 9.17) is 0 Å². The molecule has 0 amide bonds. The van der Waals surface area contributed by atoms with Gasteiger partial charge >= 0.3 is 5.97 Å². The van der Waals surface area contributed by atoms with Crippen LogP contribution in [0.3, 0.4) is 0 Å². The molecule has 0 saturated heterocycles. The van der Waals surface area contributed by atoms with E-state index in [0.717, 1.165) is 6.42 Å². The van der Waals surface area contributed by atoms with Crippen molar-refractivity contribution in [3.05, 3.63) is 0 Å². The fourth-order valence-corrected chi connectivity index (χ4v) is 3.45. The first-order valence-electron chi connectivity index (χ1n) is 4.84. The Morgan fingerprint density at radius 3 is 2.31 bits per heavy atom. The van der Waals surface area contributed by atoms with Gasteiger partial charge in [0.25, 0.3) is 0 Å². The summed E-state index contributed by atoms with van der Waals surface area (Å²) in [6, 6.07) is 0. The Morgan fingerprint density at radius 1 is 1.46 bits per heavy atom. The average Bonchev–Trinajstić information content (AvgIpc) is 2.35. The van der Waals surface area contributed by atoms with Crippen molar-refractivity contribution < 1.29 is 15.0 Å². The molecule has 0 radical (unpaired) electrons. The molecule has 0 unspecified atom stereocenters. The van der Waals surface area contributed by atoms with Crippen LogP contribution >= 0.6 is 0 Å². The van der Waals surface area contributed by atoms with Gasteiger partial charge < -0.3 is 10.2 Å². The summed E-state index contributed by atoms with van der Waals surface area (Å²) < 4.78 is 0. The first-order chi connectivity index (χ1) is 5.93. The Labute approximate surface area is 77.8 Å². The number of aliphatic hydroxyl groups excluding tert-OH is 1. The number of aliphatic carboxylic acids is 1. The molecule has 0 spiro atoms. The third kappa shape index (κ3) is 0.766. The lowest BCUT2D eigenvalue weighted by Crippen LogP contribution is -2.45. The second-order valence-electron chi connectivity index (χ2n) is 4.99. The lowest BCUT2D eigenvalue weighted by molar-refractivity contribution is -0.161. The van der Waals surface area contributed by atoms with E-state index in [1.54, 1.807) is 0 Å². The van der Waals surface area contributed by atoms with E-state index in [9.17, 15) is 15.0 Å². The number of rotatable bonds is 1. The van der Waals surface area contributed by atoms with Crippen LogP contribution in [-0.2, 0) is 4.79 Å². The van der Waals surface area contributed by atoms with Crippen LogP contribution in [0, 0.1) is 16.7 Å². The average molecular weight is 184 g/mol. The Morgan fingerprint density at radius 2 is 2.08 bits per heavy atom. The van der Waals surface area contributed by atoms with Crippen LogP contribution in [0.15, 0.2) is 0 Å². The molecule has 2 N–H and O–H groups in total. The minimum Gasteiger partial charge on any atom is -0.481 e. The SMILES string of the molecule is CC1(C)[C@@H]2CC[C@@]1(C(=O)O)[C@H](O)C2. The highest BCUT2D eigenvalue weighted by molar-refractivity contribution is 5.78. The minimum atomic E-state index is -0.863. The molecule has 3 nitrogen and oxygen atoms in total. The van der Waals surface area contributed by atoms with Crippen LogP contribution in [0.4, 0.5) is 0 Å². The van der Waals surface area contributed by atoms with Gasteiger partial charge in [0.1, 0.15) is 0 Å². The summed E-state index contributed by atoms with van der Waals surface area (Å²) in [4.78, 5) is 11.2. The van der Waals surface area contributed by atoms with Crippen molar-refractivity contribution in [1.82, 2.24) is 0 Å². The lowest BCUT2D eigenvalue weighted by atomic mass is 9.68. The van der Waals surface area contributed by atoms with Crippen molar-refractivity contribution in [1.29, 1.82) is 0 Å². The Kier molecular flexibility index (Phi) is 1.57. The molecule has 0 aromatic carbocycles. The van der Waals surface area contributed by atoms with Gasteiger partial charge in [-0.05, 0) is 30.6 Å². The van der Waals surface area contributed by atoms with Gasteiger partial charge in [-0.2, -0.15) is 0 Å². The molecule has 0 aromatic rings. The zero-order chi connectivity index (χ0) is 9.85. The second-order valence-corrected chi connectivity index (χ2v) is 4.99. The number of aliphatic hydroxyl groups is 1. The predicted octanol–water partition coefficient (Wildman–Crippen LogP) is 1.26. The zero-order valence-electron chi connectivity index (χ0n) is 8.08. The number of hydrogen-bond donors (Lipinski definition) is 2. The van der Waals surface area contributed by atoms with Crippen LogP contribution in [0.1, 0.15) is 33.1 Å². The van der Waals surface area contributed by atoms with Gasteiger partial charge in [0, 0.05) is 0 Å². The molecule has 2 aliphatic carbocycles. The fraction of sp³-hybridized carbons (Fsp3) is 0.900. The molecule has 2 saturated carbocycles. The van der Waals surface area contributed by atoms with Gasteiger partial charge in [0.15, 0.2) is 0 Å². The van der Waals surface area contributed by atoms with Crippen LogP contribution < -0.4 is 0 Å². The van der Waals surface area contributed by atoms with Crippen molar-refractivity contribution in [3.8, 4) is 0 Å². The molecule has 2 fully saturated rings. The summed E-state index contributed by atoms with van der Waals surface area (Å²) in [7, 11) is 0. The van der Waals surface area contributed by atoms with Crippen LogP contribution in [-0.4, -0.2) is 22.3 Å². The predicted molar refractivity (Wildman–Crippen MR) is 47.2 cm³/mol. The summed E-state index contributed by atoms with van der Waals surface area (Å²) >= 11 is 0. The van der Waals surface area contributed by atoms with Crippen molar-refractivity contribution in [2.75, 3.05) is 0 Å². The molecule has 13 heavy (non-hydrogen) atoms. The van der Waals surface area contributed by atoms with Gasteiger partial charge in [-0.15, -0.1) is 0 Å². The van der Waals surface area contributed by atoms with Gasteiger partial charge in [0.05, 0.1) is 11.5 Å². The number of carboxylic acids is 1. The molecule has 0 aliphatic heterocycles. The summed E-state index contributed by atoms with van der Waals surface area (Å²) in [5.41, 5.74) is -1.10. The molecular formula is C10H16O3. The summed E-state index contributed by atoms with van der Waals surface area (Å²) in [5, 5.41) is 19.0. The first kappa shape index (κ1) is 9.00. The smallest absolute Gasteiger partial charge is 0.312 e. The summed E-state index contributed by atoms with van der Waals surface area (Å²) in [5.74, 6) is -0.427. The maximum absolute atomic E-state index is 11.2. The Balaban J connectivity index is 2.49. The van der Waals surface area contributed by atoms with Gasteiger partial charge in [-0.3, -0.25) is 4.79 Å². The van der Waals surface area contributed by atoms with Crippen LogP contribution in [0.2, 0.25) is 0 Å². The molecular weight excluding hydrogens is 168 g/mol. The highest BCUT2D eigenvalue weighted by atomic mass is 16.4. The molecule has 0 aromatic heterocycles. The summed E-state index contributed by atoms with van der Waals surface area (Å²) in [6.45, 7) is 3.96. The lowest BCUT2D eigenvalue weighted by Gasteiger charge is -2.35. The van der Waals surface area contributed by atoms with Crippen molar-refractivity contribution >= 4 is 5.97 Å². The van der Waals surface area contributed by atoms with Gasteiger partial charge in [-0.25, -0.2) is 0 Å². The van der Waals surface area contributed by atoms with E-state index in [2.05, 4.69) is 0 Å². The number of carboxylic acid groups (broad SMARTS) is 1. The molecule has 3 atom stereocenters. The molecule has 0 heterocycles. The van der Waals surface area contributed by atoms with E-state index in [-0.39, 0.29) is 5.41 Å². The molecule has 74 valence electrons. The van der Waals surface area contributed by atoms with Gasteiger partial charge in [-0.1, -0.05) is 13.8 Å². The quantitative estimate of drug-likeness (QED) is 0.645. The van der Waals surface area contributed by atoms with E-state index < -0.39 is 17.5 Å². The molecule has 2 aliphatic rings. The van der Waals surface area contributed by atoms with Crippen LogP contribution in [0.25, 0.3) is 0 Å². The number of fused-ring (bicyclic) bond motifs is 2. The van der Waals surface area contributed by atoms with Gasteiger partial charge in [0.2, 0.25) is 0 Å². The fourth-order valence-electron chi connectivity index (χ4n) is 3.45. The monoisotopic (exact) mass is 184 g/mol. The Bertz CT molecular complexity index is 259. The normalized spacial score (nSPS) is 46.7. The maximum Gasteiger partial charge on any atom is 0.312 e. The van der Waals surface area contributed by atoms with Crippen molar-refractivity contribution in [3.63, 3.8) is 0 Å². The maximum atomic E-state index is 11.2. The van der Waals surface area contributed by atoms with E-state index in [0.29, 0.717) is 18.8 Å². The van der Waals surface area contributed by atoms with E-state index in [1.165, 1.54) is 0 Å². The third-order valence-electron chi connectivity index (χ3n) is 4.52. The minimum absolute atomic E-state index is 0.238. The van der Waals surface area contributed by atoms with E-state index >= 15 is 0 Å². The molecule has 2 bridgehead atoms. The van der Waals surface area contributed by atoms with E-state index in [1.807, 2.05) is 13.8 Å². The highest BCUT2D eigenvalue weighted by Crippen LogP contribution is 2.65.